The van der Waals surface area contributed by atoms with E-state index in [1.54, 1.807) is 18.3 Å². The molecule has 0 aliphatic carbocycles. The predicted molar refractivity (Wildman–Crippen MR) is 82.4 cm³/mol. The van der Waals surface area contributed by atoms with Crippen LogP contribution in [-0.2, 0) is 0 Å². The van der Waals surface area contributed by atoms with E-state index in [-0.39, 0.29) is 5.91 Å². The number of aromatic nitrogens is 1. The Balaban J connectivity index is 1.95. The summed E-state index contributed by atoms with van der Waals surface area (Å²) < 4.78 is 0. The fraction of sp³-hybridized carbons (Fsp3) is 0.0625. The van der Waals surface area contributed by atoms with Crippen LogP contribution in [0.4, 0.5) is 5.69 Å². The molecule has 20 heavy (non-hydrogen) atoms. The van der Waals surface area contributed by atoms with Gasteiger partial charge in [-0.2, -0.15) is 0 Å². The number of hydrogen-bond acceptors (Lipinski definition) is 1. The fourth-order valence-electron chi connectivity index (χ4n) is 2.19. The van der Waals surface area contributed by atoms with Crippen LogP contribution in [0.15, 0.2) is 48.7 Å². The number of hydrogen-bond donors (Lipinski definition) is 2. The SMILES string of the molecule is Cc1ccccc1NC(=O)c1c[nH]c2cc(Cl)ccc12. The number of fused-ring (bicyclic) bond motifs is 1. The number of anilines is 1. The number of amides is 1. The highest BCUT2D eigenvalue weighted by atomic mass is 35.5. The van der Waals surface area contributed by atoms with Crippen LogP contribution in [0.1, 0.15) is 15.9 Å². The first-order chi connectivity index (χ1) is 9.65. The van der Waals surface area contributed by atoms with Crippen molar-refractivity contribution in [2.45, 2.75) is 6.92 Å². The van der Waals surface area contributed by atoms with Crippen LogP contribution < -0.4 is 5.32 Å². The number of para-hydroxylation sites is 1. The Labute approximate surface area is 121 Å². The van der Waals surface area contributed by atoms with Crippen molar-refractivity contribution in [3.8, 4) is 0 Å². The molecule has 100 valence electrons. The fourth-order valence-corrected chi connectivity index (χ4v) is 2.36. The molecule has 3 aromatic rings. The van der Waals surface area contributed by atoms with Gasteiger partial charge in [-0.3, -0.25) is 4.79 Å². The monoisotopic (exact) mass is 284 g/mol. The molecule has 0 spiro atoms. The van der Waals surface area contributed by atoms with Crippen LogP contribution in [0.3, 0.4) is 0 Å². The smallest absolute Gasteiger partial charge is 0.257 e. The van der Waals surface area contributed by atoms with Crippen LogP contribution in [0.25, 0.3) is 10.9 Å². The standard InChI is InChI=1S/C16H13ClN2O/c1-10-4-2-3-5-14(10)19-16(20)13-9-18-15-8-11(17)6-7-12(13)15/h2-9,18H,1H3,(H,19,20). The highest BCUT2D eigenvalue weighted by Gasteiger charge is 2.13. The summed E-state index contributed by atoms with van der Waals surface area (Å²) in [5.74, 6) is -0.132. The summed E-state index contributed by atoms with van der Waals surface area (Å²) in [6, 6.07) is 13.1. The molecule has 0 aliphatic heterocycles. The molecule has 0 atom stereocenters. The van der Waals surface area contributed by atoms with E-state index in [1.807, 2.05) is 37.3 Å². The zero-order chi connectivity index (χ0) is 14.1. The normalized spacial score (nSPS) is 10.7. The molecule has 0 aliphatic rings. The zero-order valence-corrected chi connectivity index (χ0v) is 11.7. The van der Waals surface area contributed by atoms with Gasteiger partial charge < -0.3 is 10.3 Å². The van der Waals surface area contributed by atoms with Crippen LogP contribution in [-0.4, -0.2) is 10.9 Å². The minimum absolute atomic E-state index is 0.132. The number of nitrogens with one attached hydrogen (secondary N) is 2. The third kappa shape index (κ3) is 2.28. The van der Waals surface area contributed by atoms with Crippen LogP contribution >= 0.6 is 11.6 Å². The van der Waals surface area contributed by atoms with E-state index >= 15 is 0 Å². The van der Waals surface area contributed by atoms with Crippen molar-refractivity contribution in [2.24, 2.45) is 0 Å². The molecule has 0 saturated carbocycles. The van der Waals surface area contributed by atoms with Crippen molar-refractivity contribution >= 4 is 34.1 Å². The van der Waals surface area contributed by atoms with Crippen molar-refractivity contribution < 1.29 is 4.79 Å². The molecule has 0 radical (unpaired) electrons. The second-order valence-electron chi connectivity index (χ2n) is 4.66. The molecular weight excluding hydrogens is 272 g/mol. The third-order valence-electron chi connectivity index (χ3n) is 3.28. The van der Waals surface area contributed by atoms with Crippen LogP contribution in [0.5, 0.6) is 0 Å². The number of benzene rings is 2. The van der Waals surface area contributed by atoms with E-state index in [4.69, 9.17) is 11.6 Å². The topological polar surface area (TPSA) is 44.9 Å². The first kappa shape index (κ1) is 12.8. The summed E-state index contributed by atoms with van der Waals surface area (Å²) in [7, 11) is 0. The van der Waals surface area contributed by atoms with E-state index in [2.05, 4.69) is 10.3 Å². The van der Waals surface area contributed by atoms with Gasteiger partial charge in [-0.15, -0.1) is 0 Å². The molecule has 3 nitrogen and oxygen atoms in total. The molecule has 0 unspecified atom stereocenters. The number of rotatable bonds is 2. The number of halogens is 1. The molecule has 2 N–H and O–H groups in total. The Hall–Kier alpha value is -2.26. The maximum absolute atomic E-state index is 12.4. The van der Waals surface area contributed by atoms with E-state index in [0.29, 0.717) is 10.6 Å². The molecule has 4 heteroatoms. The summed E-state index contributed by atoms with van der Waals surface area (Å²) in [5, 5.41) is 4.43. The molecule has 1 heterocycles. The van der Waals surface area contributed by atoms with Gasteiger partial charge in [0, 0.05) is 27.8 Å². The number of H-pyrrole nitrogens is 1. The number of aromatic amines is 1. The van der Waals surface area contributed by atoms with Crippen molar-refractivity contribution in [3.63, 3.8) is 0 Å². The van der Waals surface area contributed by atoms with Gasteiger partial charge in [0.15, 0.2) is 0 Å². The van der Waals surface area contributed by atoms with Crippen molar-refractivity contribution in [1.82, 2.24) is 4.98 Å². The lowest BCUT2D eigenvalue weighted by Gasteiger charge is -2.07. The summed E-state index contributed by atoms with van der Waals surface area (Å²) >= 11 is 5.94. The number of carbonyl (C=O) groups excluding carboxylic acids is 1. The second kappa shape index (κ2) is 5.02. The quantitative estimate of drug-likeness (QED) is 0.720. The summed E-state index contributed by atoms with van der Waals surface area (Å²) in [6.07, 6.45) is 1.70. The average molecular weight is 285 g/mol. The summed E-state index contributed by atoms with van der Waals surface area (Å²) in [4.78, 5) is 15.4. The van der Waals surface area contributed by atoms with Crippen LogP contribution in [0.2, 0.25) is 5.02 Å². The lowest BCUT2D eigenvalue weighted by atomic mass is 10.1. The minimum atomic E-state index is -0.132. The molecule has 3 rings (SSSR count). The predicted octanol–water partition coefficient (Wildman–Crippen LogP) is 4.38. The molecule has 1 aromatic heterocycles. The van der Waals surface area contributed by atoms with E-state index in [1.165, 1.54) is 0 Å². The lowest BCUT2D eigenvalue weighted by molar-refractivity contribution is 0.102. The second-order valence-corrected chi connectivity index (χ2v) is 5.10. The van der Waals surface area contributed by atoms with Gasteiger partial charge >= 0.3 is 0 Å². The van der Waals surface area contributed by atoms with Gasteiger partial charge in [0.05, 0.1) is 5.56 Å². The molecule has 2 aromatic carbocycles. The summed E-state index contributed by atoms with van der Waals surface area (Å²) in [5.41, 5.74) is 3.32. The first-order valence-electron chi connectivity index (χ1n) is 6.29. The Morgan fingerprint density at radius 3 is 2.80 bits per heavy atom. The summed E-state index contributed by atoms with van der Waals surface area (Å²) in [6.45, 7) is 1.96. The van der Waals surface area contributed by atoms with Gasteiger partial charge in [-0.1, -0.05) is 35.9 Å². The third-order valence-corrected chi connectivity index (χ3v) is 3.52. The molecular formula is C16H13ClN2O. The number of aryl methyl sites for hydroxylation is 1. The Kier molecular flexibility index (Phi) is 3.20. The molecule has 1 amide bonds. The van der Waals surface area contributed by atoms with Gasteiger partial charge in [-0.25, -0.2) is 0 Å². The highest BCUT2D eigenvalue weighted by molar-refractivity contribution is 6.31. The largest absolute Gasteiger partial charge is 0.360 e. The number of carbonyl (C=O) groups is 1. The minimum Gasteiger partial charge on any atom is -0.360 e. The van der Waals surface area contributed by atoms with E-state index in [0.717, 1.165) is 22.2 Å². The van der Waals surface area contributed by atoms with Crippen LogP contribution in [0, 0.1) is 6.92 Å². The van der Waals surface area contributed by atoms with Gasteiger partial charge in [0.2, 0.25) is 0 Å². The molecule has 0 fully saturated rings. The van der Waals surface area contributed by atoms with Crippen molar-refractivity contribution in [2.75, 3.05) is 5.32 Å². The maximum atomic E-state index is 12.4. The Morgan fingerprint density at radius 1 is 1.20 bits per heavy atom. The molecule has 0 saturated heterocycles. The van der Waals surface area contributed by atoms with Crippen molar-refractivity contribution in [3.05, 3.63) is 64.8 Å². The Bertz CT molecular complexity index is 792. The maximum Gasteiger partial charge on any atom is 0.257 e. The highest BCUT2D eigenvalue weighted by Crippen LogP contribution is 2.23. The van der Waals surface area contributed by atoms with Gasteiger partial charge in [-0.05, 0) is 30.7 Å². The zero-order valence-electron chi connectivity index (χ0n) is 10.9. The van der Waals surface area contributed by atoms with E-state index < -0.39 is 0 Å². The van der Waals surface area contributed by atoms with Gasteiger partial charge in [0.25, 0.3) is 5.91 Å². The average Bonchev–Trinajstić information content (AvgIpc) is 2.84. The first-order valence-corrected chi connectivity index (χ1v) is 6.66. The lowest BCUT2D eigenvalue weighted by Crippen LogP contribution is -2.12. The van der Waals surface area contributed by atoms with Crippen molar-refractivity contribution in [1.29, 1.82) is 0 Å². The van der Waals surface area contributed by atoms with E-state index in [9.17, 15) is 4.79 Å². The molecule has 0 bridgehead atoms. The van der Waals surface area contributed by atoms with Gasteiger partial charge in [0.1, 0.15) is 0 Å². The Morgan fingerprint density at radius 2 is 2.00 bits per heavy atom.